The van der Waals surface area contributed by atoms with Gasteiger partial charge in [-0.05, 0) is 49.7 Å². The summed E-state index contributed by atoms with van der Waals surface area (Å²) in [6, 6.07) is 7.92. The van der Waals surface area contributed by atoms with Crippen LogP contribution >= 0.6 is 0 Å². The first-order chi connectivity index (χ1) is 12.6. The van der Waals surface area contributed by atoms with E-state index in [2.05, 4.69) is 4.90 Å². The Labute approximate surface area is 152 Å². The topological polar surface area (TPSA) is 51.9 Å². The summed E-state index contributed by atoms with van der Waals surface area (Å²) >= 11 is 0. The quantitative estimate of drug-likeness (QED) is 0.705. The fourth-order valence-electron chi connectivity index (χ4n) is 3.45. The minimum Gasteiger partial charge on any atom is -0.496 e. The van der Waals surface area contributed by atoms with E-state index in [9.17, 15) is 9.18 Å². The first kappa shape index (κ1) is 18.6. The van der Waals surface area contributed by atoms with E-state index in [1.807, 2.05) is 12.1 Å². The Hall–Kier alpha value is -2.18. The molecule has 140 valence electrons. The van der Waals surface area contributed by atoms with E-state index >= 15 is 0 Å². The molecule has 0 aliphatic carbocycles. The number of piperidine rings is 1. The molecule has 26 heavy (non-hydrogen) atoms. The minimum atomic E-state index is -0.428. The smallest absolute Gasteiger partial charge is 0.171 e. The van der Waals surface area contributed by atoms with Crippen molar-refractivity contribution in [2.45, 2.75) is 26.0 Å². The summed E-state index contributed by atoms with van der Waals surface area (Å²) in [4.78, 5) is 15.1. The second kappa shape index (κ2) is 8.47. The number of methoxy groups -OCH3 is 2. The van der Waals surface area contributed by atoms with Crippen LogP contribution in [0.5, 0.6) is 5.75 Å². The molecule has 0 bridgehead atoms. The Balaban J connectivity index is 1.67. The summed E-state index contributed by atoms with van der Waals surface area (Å²) in [6.07, 6.45) is 1.71. The molecule has 1 saturated heterocycles. The molecule has 0 unspecified atom stereocenters. The molecule has 1 atom stereocenters. The van der Waals surface area contributed by atoms with Crippen LogP contribution in [0.3, 0.4) is 0 Å². The van der Waals surface area contributed by atoms with Gasteiger partial charge in [-0.1, -0.05) is 0 Å². The van der Waals surface area contributed by atoms with E-state index < -0.39 is 5.82 Å². The lowest BCUT2D eigenvalue weighted by molar-refractivity contribution is 0.0796. The van der Waals surface area contributed by atoms with Crippen LogP contribution in [-0.4, -0.2) is 38.0 Å². The first-order valence-corrected chi connectivity index (χ1v) is 8.77. The van der Waals surface area contributed by atoms with Crippen LogP contribution in [0.4, 0.5) is 4.39 Å². The van der Waals surface area contributed by atoms with Crippen LogP contribution in [-0.2, 0) is 17.9 Å². The highest BCUT2D eigenvalue weighted by atomic mass is 19.1. The molecule has 1 aromatic heterocycles. The van der Waals surface area contributed by atoms with Crippen molar-refractivity contribution in [3.05, 3.63) is 53.2 Å². The molecule has 6 heteroatoms. The molecule has 1 fully saturated rings. The van der Waals surface area contributed by atoms with Crippen LogP contribution in [0.25, 0.3) is 0 Å². The number of rotatable bonds is 7. The molecule has 1 aliphatic heterocycles. The number of carbonyl (C=O) groups is 1. The molecule has 1 aromatic carbocycles. The van der Waals surface area contributed by atoms with Gasteiger partial charge in [0, 0.05) is 19.6 Å². The lowest BCUT2D eigenvalue weighted by atomic mass is 9.89. The number of likely N-dealkylation sites (tertiary alicyclic amines) is 1. The van der Waals surface area contributed by atoms with Gasteiger partial charge in [-0.3, -0.25) is 9.69 Å². The van der Waals surface area contributed by atoms with Gasteiger partial charge < -0.3 is 13.9 Å². The average Bonchev–Trinajstić information content (AvgIpc) is 3.08. The fourth-order valence-corrected chi connectivity index (χ4v) is 3.45. The molecule has 0 amide bonds. The number of benzene rings is 1. The number of carbonyl (C=O) groups excluding carboxylic acids is 1. The monoisotopic (exact) mass is 361 g/mol. The van der Waals surface area contributed by atoms with Crippen LogP contribution in [0.2, 0.25) is 0 Å². The predicted molar refractivity (Wildman–Crippen MR) is 94.7 cm³/mol. The number of halogens is 1. The zero-order chi connectivity index (χ0) is 18.5. The Morgan fingerprint density at radius 1 is 1.27 bits per heavy atom. The first-order valence-electron chi connectivity index (χ1n) is 8.77. The van der Waals surface area contributed by atoms with Gasteiger partial charge in [-0.2, -0.15) is 0 Å². The van der Waals surface area contributed by atoms with Crippen molar-refractivity contribution < 1.29 is 23.1 Å². The summed E-state index contributed by atoms with van der Waals surface area (Å²) in [5.74, 6) is 1.40. The summed E-state index contributed by atoms with van der Waals surface area (Å²) in [5.41, 5.74) is 0.319. The van der Waals surface area contributed by atoms with Crippen LogP contribution < -0.4 is 4.74 Å². The largest absolute Gasteiger partial charge is 0.496 e. The highest BCUT2D eigenvalue weighted by molar-refractivity contribution is 6.00. The summed E-state index contributed by atoms with van der Waals surface area (Å²) in [5, 5.41) is 0. The van der Waals surface area contributed by atoms with Gasteiger partial charge >= 0.3 is 0 Å². The zero-order valence-corrected chi connectivity index (χ0v) is 15.2. The third-order valence-electron chi connectivity index (χ3n) is 4.69. The third kappa shape index (κ3) is 4.31. The third-order valence-corrected chi connectivity index (χ3v) is 4.69. The second-order valence-electron chi connectivity index (χ2n) is 6.58. The van der Waals surface area contributed by atoms with Crippen molar-refractivity contribution >= 4 is 5.78 Å². The number of Topliss-reactive ketones (excluding diaryl/α,β-unsaturated/α-hetero) is 1. The summed E-state index contributed by atoms with van der Waals surface area (Å²) < 4.78 is 29.6. The predicted octanol–water partition coefficient (Wildman–Crippen LogP) is 3.67. The molecular formula is C20H24FNO4. The number of nitrogens with zero attached hydrogens (tertiary/aromatic N) is 1. The Morgan fingerprint density at radius 2 is 2.08 bits per heavy atom. The molecule has 0 spiro atoms. The minimum absolute atomic E-state index is 0.0643. The van der Waals surface area contributed by atoms with Crippen LogP contribution in [0, 0.1) is 11.7 Å². The number of ketones is 1. The van der Waals surface area contributed by atoms with Gasteiger partial charge in [0.2, 0.25) is 0 Å². The highest BCUT2D eigenvalue weighted by Gasteiger charge is 2.29. The normalized spacial score (nSPS) is 18.0. The lowest BCUT2D eigenvalue weighted by Gasteiger charge is -2.31. The number of hydrogen-bond acceptors (Lipinski definition) is 5. The van der Waals surface area contributed by atoms with Crippen LogP contribution in [0.1, 0.15) is 34.7 Å². The van der Waals surface area contributed by atoms with Crippen molar-refractivity contribution in [2.75, 3.05) is 27.3 Å². The van der Waals surface area contributed by atoms with Gasteiger partial charge in [-0.15, -0.1) is 0 Å². The molecule has 0 radical (unpaired) electrons. The second-order valence-corrected chi connectivity index (χ2v) is 6.58. The number of furan rings is 1. The number of ether oxygens (including phenoxy) is 2. The molecule has 0 N–H and O–H groups in total. The van der Waals surface area contributed by atoms with Crippen molar-refractivity contribution in [1.29, 1.82) is 0 Å². The van der Waals surface area contributed by atoms with Gasteiger partial charge in [0.25, 0.3) is 0 Å². The Bertz CT molecular complexity index is 758. The summed E-state index contributed by atoms with van der Waals surface area (Å²) in [6.45, 7) is 2.62. The van der Waals surface area contributed by atoms with Gasteiger partial charge in [0.05, 0.1) is 19.2 Å². The zero-order valence-electron chi connectivity index (χ0n) is 15.2. The summed E-state index contributed by atoms with van der Waals surface area (Å²) in [7, 11) is 3.12. The molecular weight excluding hydrogens is 337 g/mol. The Morgan fingerprint density at radius 3 is 2.85 bits per heavy atom. The van der Waals surface area contributed by atoms with E-state index in [4.69, 9.17) is 13.9 Å². The lowest BCUT2D eigenvalue weighted by Crippen LogP contribution is -2.38. The molecule has 3 rings (SSSR count). The molecule has 1 aliphatic rings. The highest BCUT2D eigenvalue weighted by Crippen LogP contribution is 2.27. The maximum atomic E-state index is 13.6. The molecule has 2 heterocycles. The van der Waals surface area contributed by atoms with Crippen molar-refractivity contribution in [1.82, 2.24) is 4.90 Å². The molecule has 0 saturated carbocycles. The van der Waals surface area contributed by atoms with Crippen molar-refractivity contribution in [3.8, 4) is 5.75 Å². The maximum absolute atomic E-state index is 13.6. The SMILES string of the molecule is COCc1ccc(CN2CCC[C@@H](C(=O)c3cc(F)ccc3OC)C2)o1. The van der Waals surface area contributed by atoms with Crippen molar-refractivity contribution in [3.63, 3.8) is 0 Å². The fraction of sp³-hybridized carbons (Fsp3) is 0.450. The molecule has 2 aromatic rings. The van der Waals surface area contributed by atoms with E-state index in [0.717, 1.165) is 30.9 Å². The van der Waals surface area contributed by atoms with E-state index in [1.54, 1.807) is 7.11 Å². The van der Waals surface area contributed by atoms with E-state index in [-0.39, 0.29) is 11.7 Å². The van der Waals surface area contributed by atoms with E-state index in [0.29, 0.717) is 31.0 Å². The van der Waals surface area contributed by atoms with Gasteiger partial charge in [-0.25, -0.2) is 4.39 Å². The Kier molecular flexibility index (Phi) is 6.06. The maximum Gasteiger partial charge on any atom is 0.171 e. The van der Waals surface area contributed by atoms with Gasteiger partial charge in [0.1, 0.15) is 29.7 Å². The number of hydrogen-bond donors (Lipinski definition) is 0. The van der Waals surface area contributed by atoms with Crippen LogP contribution in [0.15, 0.2) is 34.7 Å². The van der Waals surface area contributed by atoms with Crippen molar-refractivity contribution in [2.24, 2.45) is 5.92 Å². The van der Waals surface area contributed by atoms with E-state index in [1.165, 1.54) is 25.3 Å². The average molecular weight is 361 g/mol. The van der Waals surface area contributed by atoms with Gasteiger partial charge in [0.15, 0.2) is 5.78 Å². The molecule has 5 nitrogen and oxygen atoms in total. The standard InChI is InChI=1S/C20H24FNO4/c1-24-13-17-7-6-16(26-17)12-22-9-3-4-14(11-22)20(23)18-10-15(21)5-8-19(18)25-2/h5-8,10,14H,3-4,9,11-13H2,1-2H3/t14-/m1/s1.